The fourth-order valence-electron chi connectivity index (χ4n) is 3.32. The molecule has 1 aromatic rings. The molecule has 2 N–H and O–H groups in total. The maximum Gasteiger partial charge on any atom is 0.409 e. The molecule has 0 spiro atoms. The molecule has 4 atom stereocenters. The number of anilines is 1. The zero-order valence-corrected chi connectivity index (χ0v) is 17.7. The Kier molecular flexibility index (Phi) is 7.34. The Balaban J connectivity index is 2.01. The Bertz CT molecular complexity index is 604. The first-order valence-electron chi connectivity index (χ1n) is 8.80. The van der Waals surface area contributed by atoms with Crippen molar-refractivity contribution in [1.29, 1.82) is 0 Å². The van der Waals surface area contributed by atoms with Crippen molar-refractivity contribution in [1.82, 2.24) is 10.5 Å². The van der Waals surface area contributed by atoms with E-state index in [1.807, 2.05) is 0 Å². The highest BCUT2D eigenvalue weighted by molar-refractivity contribution is 6.68. The van der Waals surface area contributed by atoms with Gasteiger partial charge in [0, 0.05) is 6.07 Å². The second kappa shape index (κ2) is 8.89. The van der Waals surface area contributed by atoms with Gasteiger partial charge in [-0.1, -0.05) is 67.2 Å². The third kappa shape index (κ3) is 6.10. The third-order valence-corrected chi connectivity index (χ3v) is 5.38. The number of alkyl carbamates (subject to hydrolysis) is 1. The van der Waals surface area contributed by atoms with Gasteiger partial charge in [0.15, 0.2) is 12.0 Å². The first kappa shape index (κ1) is 21.5. The van der Waals surface area contributed by atoms with Gasteiger partial charge in [0.1, 0.15) is 11.9 Å². The van der Waals surface area contributed by atoms with Crippen LogP contribution < -0.4 is 10.6 Å². The fraction of sp³-hybridized carbons (Fsp3) is 0.765. The number of rotatable bonds is 5. The lowest BCUT2D eigenvalue weighted by molar-refractivity contribution is 0.00533. The summed E-state index contributed by atoms with van der Waals surface area (Å²) in [6.45, 7) is 8.20. The number of hydrogen-bond acceptors (Lipinski definition) is 5. The monoisotopic (exact) mass is 425 g/mol. The Morgan fingerprint density at radius 2 is 2.08 bits per heavy atom. The van der Waals surface area contributed by atoms with Crippen LogP contribution >= 0.6 is 34.8 Å². The number of ether oxygens (including phenoxy) is 1. The standard InChI is InChI=1S/C17H26Cl3N3O3/c1-9(2)12-6-5-10(3)7-13(12)25-16(24)22-15(17(18,19)20)21-14-8-11(4)26-23-14/h8-10,12-13,15H,5-7H2,1-4H3,(H,21,23)(H,22,24)/t10-,12+,13+,15+/m0/s1. The summed E-state index contributed by atoms with van der Waals surface area (Å²) in [4.78, 5) is 12.4. The van der Waals surface area contributed by atoms with Crippen LogP contribution in [-0.2, 0) is 4.74 Å². The van der Waals surface area contributed by atoms with Crippen molar-refractivity contribution >= 4 is 46.7 Å². The third-order valence-electron chi connectivity index (χ3n) is 4.73. The molecule has 1 aliphatic rings. The molecule has 26 heavy (non-hydrogen) atoms. The number of amides is 1. The number of nitrogens with zero attached hydrogens (tertiary/aromatic N) is 1. The summed E-state index contributed by atoms with van der Waals surface area (Å²) in [6.07, 6.45) is 1.23. The quantitative estimate of drug-likeness (QED) is 0.495. The van der Waals surface area contributed by atoms with E-state index in [-0.39, 0.29) is 6.10 Å². The molecule has 1 heterocycles. The average Bonchev–Trinajstić information content (AvgIpc) is 2.90. The van der Waals surface area contributed by atoms with Crippen LogP contribution in [0.4, 0.5) is 10.6 Å². The van der Waals surface area contributed by atoms with Crippen LogP contribution in [-0.4, -0.2) is 27.3 Å². The second-order valence-electron chi connectivity index (χ2n) is 7.36. The van der Waals surface area contributed by atoms with Crippen molar-refractivity contribution in [3.05, 3.63) is 11.8 Å². The number of carbonyl (C=O) groups is 1. The van der Waals surface area contributed by atoms with E-state index in [1.165, 1.54) is 0 Å². The van der Waals surface area contributed by atoms with Crippen LogP contribution in [0.2, 0.25) is 0 Å². The highest BCUT2D eigenvalue weighted by Gasteiger charge is 2.37. The molecule has 0 aromatic carbocycles. The summed E-state index contributed by atoms with van der Waals surface area (Å²) in [5.74, 6) is 2.22. The minimum Gasteiger partial charge on any atom is -0.446 e. The van der Waals surface area contributed by atoms with Gasteiger partial charge in [-0.3, -0.25) is 5.32 Å². The summed E-state index contributed by atoms with van der Waals surface area (Å²) in [5, 5.41) is 9.21. The Morgan fingerprint density at radius 1 is 1.38 bits per heavy atom. The maximum atomic E-state index is 12.4. The number of halogens is 3. The van der Waals surface area contributed by atoms with Crippen LogP contribution in [0.3, 0.4) is 0 Å². The molecule has 1 amide bonds. The van der Waals surface area contributed by atoms with Gasteiger partial charge in [0.2, 0.25) is 3.79 Å². The van der Waals surface area contributed by atoms with E-state index in [2.05, 4.69) is 36.6 Å². The normalized spacial score (nSPS) is 25.0. The molecule has 6 nitrogen and oxygen atoms in total. The summed E-state index contributed by atoms with van der Waals surface area (Å²) < 4.78 is 8.86. The van der Waals surface area contributed by atoms with Gasteiger partial charge in [-0.2, -0.15) is 0 Å². The minimum atomic E-state index is -1.80. The predicted octanol–water partition coefficient (Wildman–Crippen LogP) is 5.28. The maximum absolute atomic E-state index is 12.4. The van der Waals surface area contributed by atoms with E-state index in [0.717, 1.165) is 19.3 Å². The van der Waals surface area contributed by atoms with Crippen LogP contribution in [0.5, 0.6) is 0 Å². The molecule has 1 aliphatic carbocycles. The zero-order chi connectivity index (χ0) is 19.5. The number of aryl methyl sites for hydroxylation is 1. The van der Waals surface area contributed by atoms with Gasteiger partial charge in [0.05, 0.1) is 0 Å². The summed E-state index contributed by atoms with van der Waals surface area (Å²) >= 11 is 18.0. The van der Waals surface area contributed by atoms with Gasteiger partial charge in [-0.25, -0.2) is 4.79 Å². The van der Waals surface area contributed by atoms with Crippen LogP contribution in [0, 0.1) is 24.7 Å². The minimum absolute atomic E-state index is 0.149. The molecule has 0 aliphatic heterocycles. The molecule has 148 valence electrons. The Labute approximate surface area is 169 Å². The molecule has 1 saturated carbocycles. The fourth-order valence-corrected chi connectivity index (χ4v) is 3.65. The van der Waals surface area contributed by atoms with Crippen molar-refractivity contribution in [2.45, 2.75) is 63.0 Å². The van der Waals surface area contributed by atoms with Crippen molar-refractivity contribution < 1.29 is 14.1 Å². The van der Waals surface area contributed by atoms with Gasteiger partial charge >= 0.3 is 6.09 Å². The number of hydrogen-bond donors (Lipinski definition) is 2. The molecule has 1 fully saturated rings. The first-order chi connectivity index (χ1) is 12.1. The molecular formula is C17H26Cl3N3O3. The van der Waals surface area contributed by atoms with Crippen molar-refractivity contribution in [2.75, 3.05) is 5.32 Å². The van der Waals surface area contributed by atoms with Crippen molar-refractivity contribution in [2.24, 2.45) is 17.8 Å². The van der Waals surface area contributed by atoms with E-state index in [9.17, 15) is 4.79 Å². The Hall–Kier alpha value is -0.850. The van der Waals surface area contributed by atoms with Crippen molar-refractivity contribution in [3.8, 4) is 0 Å². The largest absolute Gasteiger partial charge is 0.446 e. The van der Waals surface area contributed by atoms with Gasteiger partial charge in [-0.05, 0) is 37.5 Å². The number of nitrogens with one attached hydrogen (secondary N) is 2. The molecule has 9 heteroatoms. The van der Waals surface area contributed by atoms with Crippen molar-refractivity contribution in [3.63, 3.8) is 0 Å². The van der Waals surface area contributed by atoms with Crippen LogP contribution in [0.15, 0.2) is 10.6 Å². The number of carbonyl (C=O) groups excluding carboxylic acids is 1. The summed E-state index contributed by atoms with van der Waals surface area (Å²) in [5.41, 5.74) is 0. The SMILES string of the molecule is Cc1cc(N[C@H](NC(=O)O[C@@H]2C[C@@H](C)CC[C@@H]2C(C)C)C(Cl)(Cl)Cl)no1. The van der Waals surface area contributed by atoms with E-state index in [4.69, 9.17) is 44.1 Å². The Morgan fingerprint density at radius 3 is 2.62 bits per heavy atom. The van der Waals surface area contributed by atoms with E-state index >= 15 is 0 Å². The molecule has 1 aromatic heterocycles. The van der Waals surface area contributed by atoms with Crippen LogP contribution in [0.1, 0.15) is 45.8 Å². The zero-order valence-electron chi connectivity index (χ0n) is 15.4. The molecule has 0 radical (unpaired) electrons. The van der Waals surface area contributed by atoms with Gasteiger partial charge < -0.3 is 14.6 Å². The summed E-state index contributed by atoms with van der Waals surface area (Å²) in [6, 6.07) is 1.63. The molecule has 2 rings (SSSR count). The van der Waals surface area contributed by atoms with Gasteiger partial charge in [-0.15, -0.1) is 0 Å². The first-order valence-corrected chi connectivity index (χ1v) is 9.93. The van der Waals surface area contributed by atoms with E-state index < -0.39 is 16.1 Å². The predicted molar refractivity (Wildman–Crippen MR) is 104 cm³/mol. The molecule has 0 saturated heterocycles. The molecular weight excluding hydrogens is 401 g/mol. The lowest BCUT2D eigenvalue weighted by atomic mass is 9.75. The van der Waals surface area contributed by atoms with Crippen LogP contribution in [0.25, 0.3) is 0 Å². The summed E-state index contributed by atoms with van der Waals surface area (Å²) in [7, 11) is 0. The number of alkyl halides is 3. The van der Waals surface area contributed by atoms with Gasteiger partial charge in [0.25, 0.3) is 0 Å². The highest BCUT2D eigenvalue weighted by atomic mass is 35.6. The lowest BCUT2D eigenvalue weighted by Gasteiger charge is -2.37. The highest BCUT2D eigenvalue weighted by Crippen LogP contribution is 2.36. The smallest absolute Gasteiger partial charge is 0.409 e. The molecule has 0 bridgehead atoms. The lowest BCUT2D eigenvalue weighted by Crippen LogP contribution is -2.50. The second-order valence-corrected chi connectivity index (χ2v) is 9.72. The average molecular weight is 427 g/mol. The van der Waals surface area contributed by atoms with E-state index in [1.54, 1.807) is 13.0 Å². The number of aromatic nitrogens is 1. The topological polar surface area (TPSA) is 76.4 Å². The van der Waals surface area contributed by atoms with E-state index in [0.29, 0.717) is 29.3 Å². The molecule has 0 unspecified atom stereocenters.